The van der Waals surface area contributed by atoms with Crippen LogP contribution in [-0.2, 0) is 9.53 Å². The Balaban J connectivity index is 2.30. The fourth-order valence-corrected chi connectivity index (χ4v) is 2.64. The summed E-state index contributed by atoms with van der Waals surface area (Å²) in [7, 11) is 0. The molecule has 0 radical (unpaired) electrons. The Morgan fingerprint density at radius 1 is 1.45 bits per heavy atom. The van der Waals surface area contributed by atoms with Gasteiger partial charge in [0.05, 0.1) is 11.6 Å². The third-order valence-electron chi connectivity index (χ3n) is 3.19. The standard InChI is InChI=1S/C15H17ClN2O3S/c1-9-12(14(19)21-6-7-22-2)13(18-15(20)17-9)10-4-3-5-11(16)8-10/h3-5,8,13H,6-7H2,1-2H3,(H2,17,18,20)/t13-/m1/s1. The molecule has 1 heterocycles. The van der Waals surface area contributed by atoms with E-state index in [4.69, 9.17) is 16.3 Å². The molecular formula is C15H17ClN2O3S. The fraction of sp³-hybridized carbons (Fsp3) is 0.333. The van der Waals surface area contributed by atoms with Crippen molar-refractivity contribution < 1.29 is 14.3 Å². The Labute approximate surface area is 138 Å². The number of hydrogen-bond donors (Lipinski definition) is 2. The summed E-state index contributed by atoms with van der Waals surface area (Å²) in [6.45, 7) is 2.01. The highest BCUT2D eigenvalue weighted by Crippen LogP contribution is 2.29. The van der Waals surface area contributed by atoms with Gasteiger partial charge in [-0.15, -0.1) is 0 Å². The monoisotopic (exact) mass is 340 g/mol. The largest absolute Gasteiger partial charge is 0.461 e. The molecule has 0 saturated heterocycles. The van der Waals surface area contributed by atoms with E-state index in [9.17, 15) is 9.59 Å². The van der Waals surface area contributed by atoms with Crippen molar-refractivity contribution in [3.05, 3.63) is 46.1 Å². The number of benzene rings is 1. The van der Waals surface area contributed by atoms with Crippen LogP contribution < -0.4 is 10.6 Å². The van der Waals surface area contributed by atoms with Crippen LogP contribution in [0.5, 0.6) is 0 Å². The van der Waals surface area contributed by atoms with Gasteiger partial charge in [-0.3, -0.25) is 0 Å². The Kier molecular flexibility index (Phi) is 5.74. The second-order valence-corrected chi connectivity index (χ2v) is 6.18. The number of carbonyl (C=O) groups is 2. The normalized spacial score (nSPS) is 17.8. The number of amides is 2. The first-order valence-electron chi connectivity index (χ1n) is 6.72. The van der Waals surface area contributed by atoms with Gasteiger partial charge in [0.25, 0.3) is 0 Å². The van der Waals surface area contributed by atoms with E-state index < -0.39 is 12.0 Å². The van der Waals surface area contributed by atoms with Crippen molar-refractivity contribution in [2.45, 2.75) is 13.0 Å². The second kappa shape index (κ2) is 7.56. The number of nitrogens with one attached hydrogen (secondary N) is 2. The molecule has 7 heteroatoms. The molecule has 2 rings (SSSR count). The first kappa shape index (κ1) is 16.7. The van der Waals surface area contributed by atoms with Gasteiger partial charge in [-0.05, 0) is 30.9 Å². The first-order valence-corrected chi connectivity index (χ1v) is 8.50. The molecule has 0 bridgehead atoms. The lowest BCUT2D eigenvalue weighted by Crippen LogP contribution is -2.45. The average Bonchev–Trinajstić information content (AvgIpc) is 2.46. The summed E-state index contributed by atoms with van der Waals surface area (Å²) in [4.78, 5) is 24.1. The molecule has 1 aliphatic heterocycles. The molecule has 0 aromatic heterocycles. The third-order valence-corrected chi connectivity index (χ3v) is 4.00. The van der Waals surface area contributed by atoms with Crippen molar-refractivity contribution in [1.29, 1.82) is 0 Å². The van der Waals surface area contributed by atoms with Crippen LogP contribution in [0.1, 0.15) is 18.5 Å². The maximum absolute atomic E-state index is 12.3. The van der Waals surface area contributed by atoms with E-state index in [1.807, 2.05) is 12.3 Å². The quantitative estimate of drug-likeness (QED) is 0.639. The predicted molar refractivity (Wildman–Crippen MR) is 87.9 cm³/mol. The summed E-state index contributed by atoms with van der Waals surface area (Å²) in [5, 5.41) is 5.88. The molecule has 0 spiro atoms. The number of allylic oxidation sites excluding steroid dienone is 1. The molecule has 0 aliphatic carbocycles. The molecule has 0 saturated carbocycles. The molecule has 1 atom stereocenters. The maximum Gasteiger partial charge on any atom is 0.338 e. The van der Waals surface area contributed by atoms with E-state index in [1.54, 1.807) is 36.9 Å². The number of esters is 1. The number of ether oxygens (including phenoxy) is 1. The van der Waals surface area contributed by atoms with Crippen LogP contribution in [-0.4, -0.2) is 30.6 Å². The van der Waals surface area contributed by atoms with Crippen LogP contribution in [0.3, 0.4) is 0 Å². The molecule has 2 amide bonds. The number of rotatable bonds is 5. The van der Waals surface area contributed by atoms with Crippen LogP contribution in [0.25, 0.3) is 0 Å². The molecule has 1 aromatic carbocycles. The van der Waals surface area contributed by atoms with Crippen LogP contribution in [0.15, 0.2) is 35.5 Å². The van der Waals surface area contributed by atoms with Crippen molar-refractivity contribution in [1.82, 2.24) is 10.6 Å². The second-order valence-electron chi connectivity index (χ2n) is 4.75. The van der Waals surface area contributed by atoms with Crippen LogP contribution in [0, 0.1) is 0 Å². The zero-order valence-electron chi connectivity index (χ0n) is 12.3. The molecule has 1 aliphatic rings. The number of carbonyl (C=O) groups excluding carboxylic acids is 2. The van der Waals surface area contributed by atoms with E-state index in [1.165, 1.54) is 0 Å². The molecule has 5 nitrogen and oxygen atoms in total. The maximum atomic E-state index is 12.3. The molecular weight excluding hydrogens is 324 g/mol. The Hall–Kier alpha value is -1.66. The number of urea groups is 1. The van der Waals surface area contributed by atoms with Crippen LogP contribution in [0.4, 0.5) is 4.79 Å². The van der Waals surface area contributed by atoms with Gasteiger partial charge < -0.3 is 15.4 Å². The lowest BCUT2D eigenvalue weighted by atomic mass is 9.96. The highest BCUT2D eigenvalue weighted by Gasteiger charge is 2.32. The van der Waals surface area contributed by atoms with Gasteiger partial charge in [0.2, 0.25) is 0 Å². The smallest absolute Gasteiger partial charge is 0.338 e. The first-order chi connectivity index (χ1) is 10.5. The SMILES string of the molecule is CSCCOC(=O)C1=C(C)NC(=O)N[C@@H]1c1cccc(Cl)c1. The molecule has 0 unspecified atom stereocenters. The minimum atomic E-state index is -0.575. The Morgan fingerprint density at radius 3 is 2.91 bits per heavy atom. The van der Waals surface area contributed by atoms with Gasteiger partial charge in [0, 0.05) is 16.5 Å². The van der Waals surface area contributed by atoms with E-state index in [2.05, 4.69) is 10.6 Å². The van der Waals surface area contributed by atoms with Gasteiger partial charge >= 0.3 is 12.0 Å². The lowest BCUT2D eigenvalue weighted by Gasteiger charge is -2.28. The molecule has 2 N–H and O–H groups in total. The van der Waals surface area contributed by atoms with Gasteiger partial charge in [-0.2, -0.15) is 11.8 Å². The fourth-order valence-electron chi connectivity index (χ4n) is 2.20. The van der Waals surface area contributed by atoms with Gasteiger partial charge in [-0.25, -0.2) is 9.59 Å². The highest BCUT2D eigenvalue weighted by atomic mass is 35.5. The summed E-state index contributed by atoms with van der Waals surface area (Å²) in [5.41, 5.74) is 1.62. The van der Waals surface area contributed by atoms with Gasteiger partial charge in [-0.1, -0.05) is 23.7 Å². The summed E-state index contributed by atoms with van der Waals surface area (Å²) >= 11 is 7.60. The van der Waals surface area contributed by atoms with E-state index >= 15 is 0 Å². The summed E-state index contributed by atoms with van der Waals surface area (Å²) in [6, 6.07) is 6.11. The van der Waals surface area contributed by atoms with Crippen LogP contribution in [0.2, 0.25) is 5.02 Å². The molecule has 118 valence electrons. The zero-order valence-corrected chi connectivity index (χ0v) is 13.9. The Morgan fingerprint density at radius 2 is 2.23 bits per heavy atom. The van der Waals surface area contributed by atoms with E-state index in [-0.39, 0.29) is 6.03 Å². The summed E-state index contributed by atoms with van der Waals surface area (Å²) in [5.74, 6) is 0.281. The van der Waals surface area contributed by atoms with Gasteiger partial charge in [0.15, 0.2) is 0 Å². The molecule has 0 fully saturated rings. The van der Waals surface area contributed by atoms with Crippen molar-refractivity contribution >= 4 is 35.4 Å². The summed E-state index contributed by atoms with van der Waals surface area (Å²) < 4.78 is 5.27. The van der Waals surface area contributed by atoms with E-state index in [0.717, 1.165) is 11.3 Å². The van der Waals surface area contributed by atoms with Crippen molar-refractivity contribution in [2.75, 3.05) is 18.6 Å². The molecule has 1 aromatic rings. The van der Waals surface area contributed by atoms with E-state index in [0.29, 0.717) is 22.9 Å². The third kappa shape index (κ3) is 3.96. The lowest BCUT2D eigenvalue weighted by molar-refractivity contribution is -0.138. The number of hydrogen-bond acceptors (Lipinski definition) is 4. The van der Waals surface area contributed by atoms with Crippen molar-refractivity contribution in [3.63, 3.8) is 0 Å². The highest BCUT2D eigenvalue weighted by molar-refractivity contribution is 7.98. The minimum Gasteiger partial charge on any atom is -0.461 e. The molecule has 22 heavy (non-hydrogen) atoms. The van der Waals surface area contributed by atoms with Gasteiger partial charge in [0.1, 0.15) is 6.61 Å². The summed E-state index contributed by atoms with van der Waals surface area (Å²) in [6.07, 6.45) is 1.94. The van der Waals surface area contributed by atoms with Crippen molar-refractivity contribution in [3.8, 4) is 0 Å². The zero-order chi connectivity index (χ0) is 16.1. The topological polar surface area (TPSA) is 67.4 Å². The number of halogens is 1. The van der Waals surface area contributed by atoms with Crippen molar-refractivity contribution in [2.24, 2.45) is 0 Å². The Bertz CT molecular complexity index is 619. The average molecular weight is 341 g/mol. The predicted octanol–water partition coefficient (Wildman–Crippen LogP) is 2.87. The number of thioether (sulfide) groups is 1. The van der Waals surface area contributed by atoms with Crippen LogP contribution >= 0.6 is 23.4 Å². The minimum absolute atomic E-state index is 0.326.